The Morgan fingerprint density at radius 3 is 2.70 bits per heavy atom. The van der Waals surface area contributed by atoms with Crippen molar-refractivity contribution in [2.45, 2.75) is 44.9 Å². The van der Waals surface area contributed by atoms with Gasteiger partial charge in [0.1, 0.15) is 28.7 Å². The molecule has 4 bridgehead atoms. The fraction of sp³-hybridized carbons (Fsp3) is 0.242. The molecule has 0 spiro atoms. The number of H-pyrrole nitrogens is 1. The lowest BCUT2D eigenvalue weighted by Crippen LogP contribution is -2.30. The quantitative estimate of drug-likeness (QED) is 0.119. The molecule has 244 valence electrons. The van der Waals surface area contributed by atoms with Crippen LogP contribution in [0, 0.1) is 5.82 Å². The van der Waals surface area contributed by atoms with Gasteiger partial charge in [-0.05, 0) is 86.4 Å². The van der Waals surface area contributed by atoms with E-state index >= 15 is 0 Å². The molecule has 5 N–H and O–H groups in total. The molecule has 0 radical (unpaired) electrons. The first-order chi connectivity index (χ1) is 22.5. The number of aromatic nitrogens is 3. The number of benzene rings is 2. The molecular weight excluding hydrogens is 650 g/mol. The molecule has 14 heteroatoms. The van der Waals surface area contributed by atoms with Gasteiger partial charge in [-0.25, -0.2) is 14.2 Å². The predicted molar refractivity (Wildman–Crippen MR) is 176 cm³/mol. The number of rotatable bonds is 6. The van der Waals surface area contributed by atoms with Gasteiger partial charge in [-0.3, -0.25) is 19.9 Å². The predicted octanol–water partition coefficient (Wildman–Crippen LogP) is 6.17. The average molecular weight is 682 g/mol. The highest BCUT2D eigenvalue weighted by atomic mass is 35.5. The number of aryl methyl sites for hydroxylation is 1. The number of allylic oxidation sites excluding steroid dienone is 1. The third-order valence-electron chi connectivity index (χ3n) is 7.45. The number of aliphatic hydroxyl groups is 1. The second kappa shape index (κ2) is 14.8. The maximum Gasteiger partial charge on any atom is 0.411 e. The molecule has 1 aliphatic heterocycles. The normalized spacial score (nSPS) is 16.0. The number of imidazole rings is 1. The van der Waals surface area contributed by atoms with E-state index in [9.17, 15) is 23.9 Å². The molecule has 2 atom stereocenters. The molecule has 2 aromatic carbocycles. The number of anilines is 2. The standard InChI is InChI=1S/C33H31Cl2FN6O5/c1-17(43)22-9-6-19(34)14-18(22)4-3-5-28(44)40-27-16-20-8-11-24(36)25(37-20)12-13-29(45)39-26-15-21(38-33(46)47-2)7-10-23(26)30-31(35)42-32(27)41-30/h3,5-11,14-15,27,29,39,45H,4,12-13,16H2,1-2H3,(H,38,46)(H,40,44)(H,41,42)/b5-3+. The minimum atomic E-state index is -1.12. The number of carbonyl (C=O) groups excluding carboxylic acids is 3. The van der Waals surface area contributed by atoms with Gasteiger partial charge in [-0.15, -0.1) is 0 Å². The van der Waals surface area contributed by atoms with E-state index in [1.165, 1.54) is 32.2 Å². The summed E-state index contributed by atoms with van der Waals surface area (Å²) < 4.78 is 19.4. The number of ether oxygens (including phenoxy) is 1. The summed E-state index contributed by atoms with van der Waals surface area (Å²) in [5, 5.41) is 19.9. The van der Waals surface area contributed by atoms with Gasteiger partial charge in [0.05, 0.1) is 18.8 Å². The Morgan fingerprint density at radius 2 is 1.94 bits per heavy atom. The zero-order chi connectivity index (χ0) is 33.7. The Balaban J connectivity index is 1.49. The van der Waals surface area contributed by atoms with Crippen molar-refractivity contribution in [2.24, 2.45) is 0 Å². The van der Waals surface area contributed by atoms with E-state index in [-0.39, 0.29) is 42.3 Å². The minimum absolute atomic E-state index is 0.101. The minimum Gasteiger partial charge on any atom is -0.453 e. The van der Waals surface area contributed by atoms with E-state index < -0.39 is 30.1 Å². The molecule has 2 aromatic heterocycles. The number of hydrogen-bond donors (Lipinski definition) is 5. The molecule has 5 rings (SSSR count). The Hall–Kier alpha value is -4.78. The lowest BCUT2D eigenvalue weighted by Gasteiger charge is -2.19. The first-order valence-corrected chi connectivity index (χ1v) is 15.4. The smallest absolute Gasteiger partial charge is 0.411 e. The number of ketones is 1. The van der Waals surface area contributed by atoms with Crippen LogP contribution >= 0.6 is 23.2 Å². The zero-order valence-electron chi connectivity index (χ0n) is 25.4. The molecule has 2 unspecified atom stereocenters. The van der Waals surface area contributed by atoms with Crippen molar-refractivity contribution >= 4 is 52.4 Å². The molecule has 11 nitrogen and oxygen atoms in total. The lowest BCUT2D eigenvalue weighted by atomic mass is 10.0. The highest BCUT2D eigenvalue weighted by molar-refractivity contribution is 6.32. The van der Waals surface area contributed by atoms with Crippen LogP contribution in [-0.4, -0.2) is 51.2 Å². The van der Waals surface area contributed by atoms with Crippen LogP contribution in [0.4, 0.5) is 20.6 Å². The maximum absolute atomic E-state index is 14.8. The summed E-state index contributed by atoms with van der Waals surface area (Å²) in [6, 6.07) is 11.9. The van der Waals surface area contributed by atoms with Crippen LogP contribution in [0.1, 0.15) is 52.5 Å². The lowest BCUT2D eigenvalue weighted by molar-refractivity contribution is -0.117. The highest BCUT2D eigenvalue weighted by Gasteiger charge is 2.24. The number of halogens is 3. The van der Waals surface area contributed by atoms with E-state index in [0.29, 0.717) is 50.3 Å². The van der Waals surface area contributed by atoms with E-state index in [1.54, 1.807) is 42.5 Å². The van der Waals surface area contributed by atoms with Crippen LogP contribution in [-0.2, 0) is 28.8 Å². The third kappa shape index (κ3) is 8.33. The molecule has 0 fully saturated rings. The van der Waals surface area contributed by atoms with E-state index in [4.69, 9.17) is 28.2 Å². The summed E-state index contributed by atoms with van der Waals surface area (Å²) in [5.41, 5.74) is 3.37. The van der Waals surface area contributed by atoms with E-state index in [0.717, 1.165) is 0 Å². The summed E-state index contributed by atoms with van der Waals surface area (Å²) >= 11 is 12.8. The van der Waals surface area contributed by atoms with Crippen LogP contribution in [0.5, 0.6) is 0 Å². The number of Topliss-reactive ketones (excluding diaryl/α,β-unsaturated/α-hetero) is 1. The van der Waals surface area contributed by atoms with Crippen LogP contribution < -0.4 is 16.0 Å². The van der Waals surface area contributed by atoms with Gasteiger partial charge in [0.15, 0.2) is 5.78 Å². The largest absolute Gasteiger partial charge is 0.453 e. The molecule has 0 aliphatic carbocycles. The first kappa shape index (κ1) is 33.6. The Kier molecular flexibility index (Phi) is 10.5. The van der Waals surface area contributed by atoms with Gasteiger partial charge in [0.25, 0.3) is 0 Å². The van der Waals surface area contributed by atoms with Gasteiger partial charge < -0.3 is 25.5 Å². The zero-order valence-corrected chi connectivity index (χ0v) is 26.9. The molecular formula is C33H31Cl2FN6O5. The summed E-state index contributed by atoms with van der Waals surface area (Å²) in [7, 11) is 1.23. The van der Waals surface area contributed by atoms with Crippen LogP contribution in [0.3, 0.4) is 0 Å². The monoisotopic (exact) mass is 680 g/mol. The number of fused-ring (bicyclic) bond motifs is 6. The van der Waals surface area contributed by atoms with Crippen molar-refractivity contribution < 1.29 is 28.6 Å². The van der Waals surface area contributed by atoms with Crippen molar-refractivity contribution in [3.63, 3.8) is 0 Å². The Labute approximate surface area is 279 Å². The van der Waals surface area contributed by atoms with Crippen molar-refractivity contribution in [3.8, 4) is 11.3 Å². The number of pyridine rings is 1. The number of carbonyl (C=O) groups is 3. The van der Waals surface area contributed by atoms with Crippen LogP contribution in [0.25, 0.3) is 11.3 Å². The van der Waals surface area contributed by atoms with E-state index in [1.807, 2.05) is 0 Å². The second-order valence-electron chi connectivity index (χ2n) is 10.8. The average Bonchev–Trinajstić information content (AvgIpc) is 3.41. The fourth-order valence-electron chi connectivity index (χ4n) is 5.19. The van der Waals surface area contributed by atoms with Crippen LogP contribution in [0.15, 0.2) is 60.7 Å². The van der Waals surface area contributed by atoms with E-state index in [2.05, 4.69) is 30.7 Å². The van der Waals surface area contributed by atoms with Gasteiger partial charge in [-0.2, -0.15) is 0 Å². The molecule has 1 aliphatic rings. The number of nitrogens with one attached hydrogen (secondary N) is 4. The first-order valence-electron chi connectivity index (χ1n) is 14.6. The third-order valence-corrected chi connectivity index (χ3v) is 7.96. The summed E-state index contributed by atoms with van der Waals surface area (Å²) in [6.07, 6.45) is 1.79. The topological polar surface area (TPSA) is 158 Å². The number of amides is 2. The number of hydrogen-bond acceptors (Lipinski definition) is 8. The number of aliphatic hydroxyl groups excluding tert-OH is 1. The molecule has 47 heavy (non-hydrogen) atoms. The number of nitrogens with zero attached hydrogens (tertiary/aromatic N) is 2. The molecule has 2 amide bonds. The summed E-state index contributed by atoms with van der Waals surface area (Å²) in [5.74, 6) is -0.806. The Bertz CT molecular complexity index is 1860. The van der Waals surface area contributed by atoms with Crippen molar-refractivity contribution in [1.82, 2.24) is 20.3 Å². The fourth-order valence-corrected chi connectivity index (χ4v) is 5.62. The van der Waals surface area contributed by atoms with Gasteiger partial charge in [-0.1, -0.05) is 29.3 Å². The van der Waals surface area contributed by atoms with Crippen molar-refractivity contribution in [2.75, 3.05) is 17.7 Å². The van der Waals surface area contributed by atoms with Gasteiger partial charge >= 0.3 is 6.09 Å². The van der Waals surface area contributed by atoms with Crippen molar-refractivity contribution in [1.29, 1.82) is 0 Å². The van der Waals surface area contributed by atoms with Gasteiger partial charge in [0.2, 0.25) is 5.91 Å². The van der Waals surface area contributed by atoms with Gasteiger partial charge in [0, 0.05) is 39.6 Å². The second-order valence-corrected chi connectivity index (χ2v) is 11.6. The number of aromatic amines is 1. The summed E-state index contributed by atoms with van der Waals surface area (Å²) in [4.78, 5) is 49.3. The molecule has 0 saturated heterocycles. The summed E-state index contributed by atoms with van der Waals surface area (Å²) in [6.45, 7) is 1.46. The van der Waals surface area contributed by atoms with Crippen molar-refractivity contribution in [3.05, 3.63) is 105 Å². The van der Waals surface area contributed by atoms with Crippen LogP contribution in [0.2, 0.25) is 10.2 Å². The highest BCUT2D eigenvalue weighted by Crippen LogP contribution is 2.36. The molecule has 4 aromatic rings. The maximum atomic E-state index is 14.8. The SMILES string of the molecule is COC(=O)Nc1ccc2c(c1)NC(O)CCc1nc(ccc1F)CC(NC(=O)/C=C/Cc1cc(Cl)ccc1C(C)=O)c1nc-2c(Cl)[nH]1. The Morgan fingerprint density at radius 1 is 1.13 bits per heavy atom. The molecule has 3 heterocycles. The molecule has 0 saturated carbocycles. The number of methoxy groups -OCH3 is 1.